The Morgan fingerprint density at radius 1 is 0.186 bits per heavy atom. The normalized spacial score (nSPS) is 12.8. The molecule has 0 unspecified atom stereocenters. The molecule has 0 saturated heterocycles. The number of halogens is 2. The van der Waals surface area contributed by atoms with Gasteiger partial charge in [0, 0.05) is 48.9 Å². The molecular formula is C141H90Cl2N2. The van der Waals surface area contributed by atoms with Gasteiger partial charge in [-0.1, -0.05) is 502 Å². The molecule has 4 heteroatoms. The average Bonchev–Trinajstić information content (AvgIpc) is 1.49. The number of hydrogen-bond donors (Lipinski definition) is 1. The number of hydrogen-bond acceptors (Lipinski definition) is 1. The molecule has 0 atom stereocenters. The summed E-state index contributed by atoms with van der Waals surface area (Å²) in [4.78, 5) is 0. The van der Waals surface area contributed by atoms with Gasteiger partial charge in [0.25, 0.3) is 0 Å². The highest BCUT2D eigenvalue weighted by molar-refractivity contribution is 6.31. The SMILES string of the molecule is Nc1c(-c2ccccc2Cc2ccc(-c3c(-c4ccc(Cl)cc4)c(-c4ccccc4)c(-c4ccccc4)c(-c4ccccc4)c3-c3ccc(-c4c(-c5ccccc5)c(-c5ccccc5)c(-c5ccccc5)c(-c5ccc(Cl)cc5)c4-c4ccc(-n5c6ccccc6c6ccc7c(c65)C5(c6ccccc6-c6ccccc65)c5ccccc5-7)cc4)cc3)cc2)ccc2c1C1(c3ccccc3-c3ccccc31)c1ccccc1-2. The maximum Gasteiger partial charge on any atom is 0.0746 e. The minimum atomic E-state index is -0.620. The predicted molar refractivity (Wildman–Crippen MR) is 608 cm³/mol. The van der Waals surface area contributed by atoms with Crippen molar-refractivity contribution in [2.45, 2.75) is 17.3 Å². The summed E-state index contributed by atoms with van der Waals surface area (Å²) in [6.07, 6.45) is 0.639. The zero-order valence-corrected chi connectivity index (χ0v) is 80.7. The van der Waals surface area contributed by atoms with Gasteiger partial charge < -0.3 is 10.3 Å². The molecule has 2 N–H and O–H groups in total. The van der Waals surface area contributed by atoms with Crippen LogP contribution in [0.4, 0.5) is 5.69 Å². The first-order valence-electron chi connectivity index (χ1n) is 50.1. The van der Waals surface area contributed by atoms with E-state index in [0.717, 1.165) is 173 Å². The first-order chi connectivity index (χ1) is 71.8. The minimum absolute atomic E-state index is 0.609. The molecule has 4 aliphatic carbocycles. The van der Waals surface area contributed by atoms with Crippen LogP contribution in [0.1, 0.15) is 55.6 Å². The van der Waals surface area contributed by atoms with Crippen molar-refractivity contribution in [3.05, 3.63) is 587 Å². The second-order valence-corrected chi connectivity index (χ2v) is 39.7. The van der Waals surface area contributed by atoms with Gasteiger partial charge >= 0.3 is 0 Å². The van der Waals surface area contributed by atoms with E-state index in [4.69, 9.17) is 28.9 Å². The van der Waals surface area contributed by atoms with Crippen molar-refractivity contribution >= 4 is 50.7 Å². The summed E-state index contributed by atoms with van der Waals surface area (Å²) in [6, 6.07) is 194. The van der Waals surface area contributed by atoms with Gasteiger partial charge in [-0.2, -0.15) is 0 Å². The smallest absolute Gasteiger partial charge is 0.0746 e. The summed E-state index contributed by atoms with van der Waals surface area (Å²) < 4.78 is 2.59. The van der Waals surface area contributed by atoms with Crippen LogP contribution >= 0.6 is 23.2 Å². The minimum Gasteiger partial charge on any atom is -0.398 e. The second kappa shape index (κ2) is 34.3. The summed E-state index contributed by atoms with van der Waals surface area (Å²) in [6.45, 7) is 0. The summed E-state index contributed by atoms with van der Waals surface area (Å²) in [5, 5.41) is 3.71. The van der Waals surface area contributed by atoms with Crippen molar-refractivity contribution in [1.82, 2.24) is 4.57 Å². The van der Waals surface area contributed by atoms with E-state index in [1.807, 2.05) is 0 Å². The fourth-order valence-corrected chi connectivity index (χ4v) is 26.0. The second-order valence-electron chi connectivity index (χ2n) is 38.8. The van der Waals surface area contributed by atoms with E-state index in [-0.39, 0.29) is 0 Å². The van der Waals surface area contributed by atoms with Gasteiger partial charge in [0.2, 0.25) is 0 Å². The van der Waals surface area contributed by atoms with Crippen molar-refractivity contribution in [3.63, 3.8) is 0 Å². The number of aromatic nitrogens is 1. The third-order valence-corrected chi connectivity index (χ3v) is 31.9. The molecule has 0 fully saturated rings. The van der Waals surface area contributed by atoms with Crippen LogP contribution in [0.3, 0.4) is 0 Å². The number of nitrogens with zero attached hydrogens (tertiary/aromatic N) is 1. The highest BCUT2D eigenvalue weighted by Gasteiger charge is 2.55. The molecule has 1 heterocycles. The number of fused-ring (bicyclic) bond motifs is 24. The van der Waals surface area contributed by atoms with Crippen LogP contribution in [0.25, 0.3) is 217 Å². The Kier molecular flexibility index (Phi) is 20.2. The number of benzene rings is 23. The van der Waals surface area contributed by atoms with Gasteiger partial charge in [-0.15, -0.1) is 0 Å². The Balaban J connectivity index is 0.683. The molecule has 0 radical (unpaired) electrons. The quantitative estimate of drug-likeness (QED) is 0.0961. The molecule has 4 aliphatic rings. The summed E-state index contributed by atoms with van der Waals surface area (Å²) >= 11 is 14.3. The van der Waals surface area contributed by atoms with Crippen molar-refractivity contribution in [3.8, 4) is 195 Å². The third kappa shape index (κ3) is 13.1. The van der Waals surface area contributed by atoms with E-state index in [2.05, 4.69) is 526 Å². The molecule has 0 amide bonds. The zero-order chi connectivity index (χ0) is 96.1. The molecule has 145 heavy (non-hydrogen) atoms. The van der Waals surface area contributed by atoms with E-state index in [1.165, 1.54) is 105 Å². The maximum atomic E-state index is 8.02. The lowest BCUT2D eigenvalue weighted by atomic mass is 9.69. The van der Waals surface area contributed by atoms with Gasteiger partial charge in [-0.25, -0.2) is 0 Å². The summed E-state index contributed by atoms with van der Waals surface area (Å²) in [5.74, 6) is 0. The van der Waals surface area contributed by atoms with E-state index >= 15 is 0 Å². The Bertz CT molecular complexity index is 9210. The molecule has 28 rings (SSSR count). The molecule has 0 bridgehead atoms. The van der Waals surface area contributed by atoms with Crippen LogP contribution < -0.4 is 5.73 Å². The maximum absolute atomic E-state index is 8.02. The molecule has 24 aromatic rings. The van der Waals surface area contributed by atoms with Gasteiger partial charge in [-0.05, 0) is 277 Å². The van der Waals surface area contributed by atoms with Crippen LogP contribution in [-0.2, 0) is 17.3 Å². The van der Waals surface area contributed by atoms with Crippen LogP contribution in [0.15, 0.2) is 522 Å². The molecular weight excluding hydrogens is 1790 g/mol. The Hall–Kier alpha value is -17.8. The lowest BCUT2D eigenvalue weighted by Crippen LogP contribution is -2.27. The monoisotopic (exact) mass is 1880 g/mol. The standard InChI is InChI=1S/C141H90Cl2N2/c142-102-77-71-98(72-78-102)133-128(93-43-15-5-16-44-93)124(89-35-7-1-8-36-89)126(91-39-11-3-12-40-91)131(130(133)95-65-63-88(64-66-95)87-101-47-19-20-48-105(101)115-85-83-113-110-53-25-32-60-121(110)140(136(113)138(115)144)117-56-28-21-49-106(117)107-50-22-29-57-118(107)140)96-67-69-97(70-68-96)132-127(92-41-13-4-14-42-92)125(90-37-9-2-10-38-90)129(94-45-17-6-18-46-94)134(99-73-79-103(143)80-74-99)135(132)100-75-81-104(82-76-100)145-123-62-34-27-55-112(123)116-86-84-114-111-54-26-33-61-122(111)141(137(114)139(116)145)119-58-30-23-51-108(119)109-52-24-31-59-120(109)141/h1-86H,87,144H2. The predicted octanol–water partition coefficient (Wildman–Crippen LogP) is 37.6. The number of rotatable bonds is 16. The zero-order valence-electron chi connectivity index (χ0n) is 79.1. The van der Waals surface area contributed by atoms with Crippen LogP contribution in [0.5, 0.6) is 0 Å². The molecule has 2 nitrogen and oxygen atoms in total. The summed E-state index contributed by atoms with van der Waals surface area (Å²) in [5.41, 5.74) is 61.3. The van der Waals surface area contributed by atoms with Crippen LogP contribution in [0.2, 0.25) is 10.0 Å². The molecule has 0 saturated carbocycles. The first kappa shape index (κ1) is 85.2. The van der Waals surface area contributed by atoms with Crippen LogP contribution in [0, 0.1) is 0 Å². The fourth-order valence-electron chi connectivity index (χ4n) is 25.7. The van der Waals surface area contributed by atoms with Crippen molar-refractivity contribution in [1.29, 1.82) is 0 Å². The van der Waals surface area contributed by atoms with Gasteiger partial charge in [0.1, 0.15) is 0 Å². The Morgan fingerprint density at radius 2 is 0.428 bits per heavy atom. The topological polar surface area (TPSA) is 30.9 Å². The molecule has 2 spiro atoms. The third-order valence-electron chi connectivity index (χ3n) is 31.4. The van der Waals surface area contributed by atoms with E-state index in [0.29, 0.717) is 16.5 Å². The molecule has 0 aliphatic heterocycles. The lowest BCUT2D eigenvalue weighted by Gasteiger charge is -2.32. The van der Waals surface area contributed by atoms with Crippen molar-refractivity contribution < 1.29 is 0 Å². The first-order valence-corrected chi connectivity index (χ1v) is 50.8. The summed E-state index contributed by atoms with van der Waals surface area (Å²) in [7, 11) is 0. The van der Waals surface area contributed by atoms with E-state index < -0.39 is 10.8 Å². The molecule has 23 aromatic carbocycles. The van der Waals surface area contributed by atoms with Gasteiger partial charge in [0.05, 0.1) is 21.9 Å². The molecule has 1 aromatic heterocycles. The largest absolute Gasteiger partial charge is 0.398 e. The highest BCUT2D eigenvalue weighted by atomic mass is 35.5. The highest BCUT2D eigenvalue weighted by Crippen LogP contribution is 2.69. The average molecular weight is 1880 g/mol. The van der Waals surface area contributed by atoms with Gasteiger partial charge in [0.15, 0.2) is 0 Å². The number of nitrogens with two attached hydrogens (primary N) is 1. The van der Waals surface area contributed by atoms with Crippen molar-refractivity contribution in [2.24, 2.45) is 0 Å². The van der Waals surface area contributed by atoms with E-state index in [1.54, 1.807) is 0 Å². The number of nitrogen functional groups attached to an aromatic ring is 1. The van der Waals surface area contributed by atoms with E-state index in [9.17, 15) is 0 Å². The fraction of sp³-hybridized carbons (Fsp3) is 0.0213. The van der Waals surface area contributed by atoms with Crippen LogP contribution in [-0.4, -0.2) is 4.57 Å². The Morgan fingerprint density at radius 3 is 0.772 bits per heavy atom. The Labute approximate surface area is 853 Å². The lowest BCUT2D eigenvalue weighted by molar-refractivity contribution is 0.797. The number of anilines is 1. The number of para-hydroxylation sites is 1. The van der Waals surface area contributed by atoms with Crippen molar-refractivity contribution in [2.75, 3.05) is 5.73 Å². The van der Waals surface area contributed by atoms with Gasteiger partial charge in [-0.3, -0.25) is 0 Å². The molecule has 678 valence electrons.